The van der Waals surface area contributed by atoms with E-state index < -0.39 is 0 Å². The van der Waals surface area contributed by atoms with E-state index >= 15 is 0 Å². The predicted molar refractivity (Wildman–Crippen MR) is 71.2 cm³/mol. The molecule has 1 aromatic heterocycles. The third-order valence-electron chi connectivity index (χ3n) is 2.92. The molecule has 1 aromatic carbocycles. The highest BCUT2D eigenvalue weighted by atomic mass is 16.2. The topological polar surface area (TPSA) is 72.1 Å². The lowest BCUT2D eigenvalue weighted by atomic mass is 10.1. The van der Waals surface area contributed by atoms with E-state index in [0.29, 0.717) is 11.2 Å². The van der Waals surface area contributed by atoms with Crippen LogP contribution in [0.15, 0.2) is 24.3 Å². The van der Waals surface area contributed by atoms with E-state index in [1.54, 1.807) is 11.9 Å². The van der Waals surface area contributed by atoms with Crippen LogP contribution in [-0.4, -0.2) is 33.9 Å². The van der Waals surface area contributed by atoms with E-state index in [1.165, 1.54) is 0 Å². The van der Waals surface area contributed by atoms with Crippen LogP contribution in [-0.2, 0) is 0 Å². The number of fused-ring (bicyclic) bond motifs is 1. The second-order valence-corrected chi connectivity index (χ2v) is 4.46. The summed E-state index contributed by atoms with van der Waals surface area (Å²) in [6.45, 7) is 3.90. The number of benzene rings is 1. The summed E-state index contributed by atoms with van der Waals surface area (Å²) in [6, 6.07) is 7.46. The largest absolute Gasteiger partial charge is 0.368 e. The molecule has 5 nitrogen and oxygen atoms in total. The van der Waals surface area contributed by atoms with E-state index in [1.807, 2.05) is 38.1 Å². The van der Waals surface area contributed by atoms with Crippen LogP contribution in [0, 0.1) is 0 Å². The van der Waals surface area contributed by atoms with Crippen LogP contribution < -0.4 is 5.73 Å². The lowest BCUT2D eigenvalue weighted by Crippen LogP contribution is -2.33. The number of amides is 1. The molecule has 1 heterocycles. The van der Waals surface area contributed by atoms with Gasteiger partial charge in [0.25, 0.3) is 5.91 Å². The molecular formula is C13H16N4O. The third-order valence-corrected chi connectivity index (χ3v) is 2.92. The summed E-state index contributed by atoms with van der Waals surface area (Å²) in [5.41, 5.74) is 6.69. The average Bonchev–Trinajstić information content (AvgIpc) is 2.35. The lowest BCUT2D eigenvalue weighted by molar-refractivity contribution is 0.0751. The maximum absolute atomic E-state index is 12.3. The highest BCUT2D eigenvalue weighted by Crippen LogP contribution is 2.18. The first kappa shape index (κ1) is 12.3. The van der Waals surface area contributed by atoms with E-state index in [-0.39, 0.29) is 17.9 Å². The molecule has 0 fully saturated rings. The highest BCUT2D eigenvalue weighted by molar-refractivity contribution is 6.04. The Balaban J connectivity index is 2.60. The van der Waals surface area contributed by atoms with Gasteiger partial charge in [0, 0.05) is 18.5 Å². The summed E-state index contributed by atoms with van der Waals surface area (Å²) in [6.07, 6.45) is 0. The van der Waals surface area contributed by atoms with Gasteiger partial charge in [-0.2, -0.15) is 0 Å². The zero-order chi connectivity index (χ0) is 13.3. The van der Waals surface area contributed by atoms with Crippen molar-refractivity contribution in [3.8, 4) is 0 Å². The Morgan fingerprint density at radius 3 is 2.61 bits per heavy atom. The Labute approximate surface area is 106 Å². The number of hydrogen-bond acceptors (Lipinski definition) is 4. The Hall–Kier alpha value is -2.17. The van der Waals surface area contributed by atoms with Crippen LogP contribution in [0.3, 0.4) is 0 Å². The van der Waals surface area contributed by atoms with Gasteiger partial charge in [-0.1, -0.05) is 18.2 Å². The summed E-state index contributed by atoms with van der Waals surface area (Å²) < 4.78 is 0. The van der Waals surface area contributed by atoms with Crippen LogP contribution in [0.4, 0.5) is 5.95 Å². The molecule has 2 rings (SSSR count). The van der Waals surface area contributed by atoms with Crippen molar-refractivity contribution in [3.05, 3.63) is 30.0 Å². The van der Waals surface area contributed by atoms with Crippen molar-refractivity contribution in [2.24, 2.45) is 0 Å². The molecule has 2 N–H and O–H groups in total. The summed E-state index contributed by atoms with van der Waals surface area (Å²) in [5, 5.41) is 0.726. The second kappa shape index (κ2) is 4.60. The fourth-order valence-corrected chi connectivity index (χ4v) is 1.66. The summed E-state index contributed by atoms with van der Waals surface area (Å²) >= 11 is 0. The van der Waals surface area contributed by atoms with Gasteiger partial charge in [0.1, 0.15) is 5.69 Å². The average molecular weight is 244 g/mol. The minimum Gasteiger partial charge on any atom is -0.368 e. The molecular weight excluding hydrogens is 228 g/mol. The molecule has 0 aliphatic rings. The lowest BCUT2D eigenvalue weighted by Gasteiger charge is -2.21. The van der Waals surface area contributed by atoms with Crippen molar-refractivity contribution in [1.82, 2.24) is 14.9 Å². The summed E-state index contributed by atoms with van der Waals surface area (Å²) in [5.74, 6) is -0.0236. The molecule has 0 saturated heterocycles. The maximum Gasteiger partial charge on any atom is 0.273 e. The smallest absolute Gasteiger partial charge is 0.273 e. The van der Waals surface area contributed by atoms with Crippen molar-refractivity contribution in [2.45, 2.75) is 19.9 Å². The van der Waals surface area contributed by atoms with E-state index in [4.69, 9.17) is 5.73 Å². The Morgan fingerprint density at radius 2 is 1.94 bits per heavy atom. The van der Waals surface area contributed by atoms with E-state index in [9.17, 15) is 4.79 Å². The molecule has 0 spiro atoms. The number of nitrogen functional groups attached to an aromatic ring is 1. The molecule has 2 aromatic rings. The van der Waals surface area contributed by atoms with E-state index in [2.05, 4.69) is 9.97 Å². The Kier molecular flexibility index (Phi) is 3.14. The van der Waals surface area contributed by atoms with Crippen LogP contribution in [0.2, 0.25) is 0 Å². The van der Waals surface area contributed by atoms with Gasteiger partial charge in [0.05, 0.1) is 5.52 Å². The second-order valence-electron chi connectivity index (χ2n) is 4.46. The fraction of sp³-hybridized carbons (Fsp3) is 0.308. The molecule has 0 aliphatic carbocycles. The molecule has 0 unspecified atom stereocenters. The number of nitrogens with two attached hydrogens (primary N) is 1. The van der Waals surface area contributed by atoms with Gasteiger partial charge in [-0.15, -0.1) is 0 Å². The van der Waals surface area contributed by atoms with Crippen LogP contribution in [0.5, 0.6) is 0 Å². The predicted octanol–water partition coefficient (Wildman–Crippen LogP) is 1.69. The molecule has 94 valence electrons. The molecule has 0 saturated carbocycles. The first-order valence-electron chi connectivity index (χ1n) is 5.80. The highest BCUT2D eigenvalue weighted by Gasteiger charge is 2.19. The van der Waals surface area contributed by atoms with Crippen molar-refractivity contribution >= 4 is 22.8 Å². The van der Waals surface area contributed by atoms with Crippen molar-refractivity contribution in [1.29, 1.82) is 0 Å². The zero-order valence-corrected chi connectivity index (χ0v) is 10.7. The zero-order valence-electron chi connectivity index (χ0n) is 10.7. The van der Waals surface area contributed by atoms with Crippen LogP contribution in [0.25, 0.3) is 10.9 Å². The Morgan fingerprint density at radius 1 is 1.28 bits per heavy atom. The van der Waals surface area contributed by atoms with Crippen molar-refractivity contribution < 1.29 is 4.79 Å². The van der Waals surface area contributed by atoms with Gasteiger partial charge in [0.15, 0.2) is 0 Å². The fourth-order valence-electron chi connectivity index (χ4n) is 1.66. The van der Waals surface area contributed by atoms with Crippen molar-refractivity contribution in [3.63, 3.8) is 0 Å². The van der Waals surface area contributed by atoms with Crippen LogP contribution in [0.1, 0.15) is 24.3 Å². The van der Waals surface area contributed by atoms with Crippen molar-refractivity contribution in [2.75, 3.05) is 12.8 Å². The molecule has 5 heteroatoms. The van der Waals surface area contributed by atoms with Gasteiger partial charge >= 0.3 is 0 Å². The monoisotopic (exact) mass is 244 g/mol. The number of carbonyl (C=O) groups excluding carboxylic acids is 1. The quantitative estimate of drug-likeness (QED) is 0.872. The van der Waals surface area contributed by atoms with E-state index in [0.717, 1.165) is 5.39 Å². The molecule has 0 radical (unpaired) electrons. The third kappa shape index (κ3) is 2.11. The molecule has 0 bridgehead atoms. The first-order valence-corrected chi connectivity index (χ1v) is 5.80. The standard InChI is InChI=1S/C13H16N4O/c1-8(2)17(3)12(18)11-9-6-4-5-7-10(9)15-13(14)16-11/h4-8H,1-3H3,(H2,14,15,16). The summed E-state index contributed by atoms with van der Waals surface area (Å²) in [7, 11) is 1.75. The minimum atomic E-state index is -0.143. The number of aromatic nitrogens is 2. The number of para-hydroxylation sites is 1. The normalized spacial score (nSPS) is 10.9. The number of rotatable bonds is 2. The van der Waals surface area contributed by atoms with Gasteiger partial charge in [0.2, 0.25) is 5.95 Å². The van der Waals surface area contributed by atoms with Gasteiger partial charge < -0.3 is 10.6 Å². The number of hydrogen-bond donors (Lipinski definition) is 1. The number of carbonyl (C=O) groups is 1. The molecule has 0 aliphatic heterocycles. The first-order chi connectivity index (χ1) is 8.50. The van der Waals surface area contributed by atoms with Gasteiger partial charge in [-0.05, 0) is 19.9 Å². The van der Waals surface area contributed by atoms with Gasteiger partial charge in [-0.3, -0.25) is 4.79 Å². The number of anilines is 1. The minimum absolute atomic E-state index is 0.104. The molecule has 18 heavy (non-hydrogen) atoms. The maximum atomic E-state index is 12.3. The Bertz CT molecular complexity index is 595. The molecule has 0 atom stereocenters. The number of nitrogens with zero attached hydrogens (tertiary/aromatic N) is 3. The molecule has 1 amide bonds. The van der Waals surface area contributed by atoms with Gasteiger partial charge in [-0.25, -0.2) is 9.97 Å². The van der Waals surface area contributed by atoms with Crippen LogP contribution >= 0.6 is 0 Å². The SMILES string of the molecule is CC(C)N(C)C(=O)c1nc(N)nc2ccccc12. The summed E-state index contributed by atoms with van der Waals surface area (Å²) in [4.78, 5) is 22.2.